The molecule has 0 aliphatic rings. The first-order chi connectivity index (χ1) is 14.0. The molecule has 0 aliphatic heterocycles. The Labute approximate surface area is 171 Å². The van der Waals surface area contributed by atoms with E-state index >= 15 is 0 Å². The molecule has 0 N–H and O–H groups in total. The molecule has 0 saturated carbocycles. The van der Waals surface area contributed by atoms with Gasteiger partial charge in [0.2, 0.25) is 11.3 Å². The van der Waals surface area contributed by atoms with Crippen molar-refractivity contribution < 1.29 is 9.26 Å². The summed E-state index contributed by atoms with van der Waals surface area (Å²) in [6.07, 6.45) is 1.66. The van der Waals surface area contributed by atoms with Crippen LogP contribution in [0.2, 0.25) is 5.02 Å². The molecule has 0 aliphatic carbocycles. The standard InChI is InChI=1S/C21H17ClN4O3/c1-13(2)28-17-9-3-14(4-10-17)20-23-21(29-25-20)19-18(27)11-12-26(24-19)16-7-5-15(22)6-8-16/h3-13H,1-2H3. The quantitative estimate of drug-likeness (QED) is 0.487. The van der Waals surface area contributed by atoms with Crippen molar-refractivity contribution in [3.05, 3.63) is 76.0 Å². The summed E-state index contributed by atoms with van der Waals surface area (Å²) in [4.78, 5) is 16.6. The summed E-state index contributed by atoms with van der Waals surface area (Å²) >= 11 is 5.93. The second kappa shape index (κ2) is 7.89. The molecule has 0 unspecified atom stereocenters. The van der Waals surface area contributed by atoms with Crippen molar-refractivity contribution in [2.45, 2.75) is 20.0 Å². The number of nitrogens with zero attached hydrogens (tertiary/aromatic N) is 4. The second-order valence-electron chi connectivity index (χ2n) is 6.56. The summed E-state index contributed by atoms with van der Waals surface area (Å²) in [5.74, 6) is 1.16. The molecule has 2 aromatic heterocycles. The van der Waals surface area contributed by atoms with E-state index in [1.807, 2.05) is 38.1 Å². The SMILES string of the molecule is CC(C)Oc1ccc(-c2noc(-c3nn(-c4ccc(Cl)cc4)ccc3=O)n2)cc1. The van der Waals surface area contributed by atoms with Crippen LogP contribution in [-0.2, 0) is 0 Å². The summed E-state index contributed by atoms with van der Waals surface area (Å²) in [7, 11) is 0. The van der Waals surface area contributed by atoms with E-state index in [0.29, 0.717) is 10.8 Å². The zero-order chi connectivity index (χ0) is 20.4. The monoisotopic (exact) mass is 408 g/mol. The lowest BCUT2D eigenvalue weighted by Gasteiger charge is -2.09. The number of benzene rings is 2. The van der Waals surface area contributed by atoms with Gasteiger partial charge >= 0.3 is 0 Å². The van der Waals surface area contributed by atoms with E-state index in [0.717, 1.165) is 17.0 Å². The highest BCUT2D eigenvalue weighted by Crippen LogP contribution is 2.23. The highest BCUT2D eigenvalue weighted by atomic mass is 35.5. The summed E-state index contributed by atoms with van der Waals surface area (Å²) in [6, 6.07) is 15.8. The fourth-order valence-corrected chi connectivity index (χ4v) is 2.81. The van der Waals surface area contributed by atoms with Gasteiger partial charge in [0.05, 0.1) is 11.8 Å². The Bertz CT molecular complexity index is 1180. The minimum absolute atomic E-state index is 0.0517. The molecule has 8 heteroatoms. The third kappa shape index (κ3) is 4.20. The Kier molecular flexibility index (Phi) is 5.14. The summed E-state index contributed by atoms with van der Waals surface area (Å²) in [5, 5.41) is 8.93. The molecule has 0 fully saturated rings. The van der Waals surface area contributed by atoms with Crippen LogP contribution in [0.5, 0.6) is 5.75 Å². The Hall–Kier alpha value is -3.45. The van der Waals surface area contributed by atoms with E-state index in [-0.39, 0.29) is 23.1 Å². The number of hydrogen-bond acceptors (Lipinski definition) is 6. The summed E-state index contributed by atoms with van der Waals surface area (Å²) in [6.45, 7) is 3.92. The molecular formula is C21H17ClN4O3. The van der Waals surface area contributed by atoms with E-state index in [9.17, 15) is 4.79 Å². The molecule has 4 aromatic rings. The van der Waals surface area contributed by atoms with Crippen molar-refractivity contribution in [3.8, 4) is 34.4 Å². The lowest BCUT2D eigenvalue weighted by atomic mass is 10.2. The molecule has 0 radical (unpaired) electrons. The van der Waals surface area contributed by atoms with E-state index in [1.54, 1.807) is 35.1 Å². The van der Waals surface area contributed by atoms with Gasteiger partial charge in [-0.05, 0) is 62.4 Å². The normalized spacial score (nSPS) is 11.0. The second-order valence-corrected chi connectivity index (χ2v) is 7.00. The molecule has 0 bridgehead atoms. The molecule has 0 amide bonds. The molecule has 7 nitrogen and oxygen atoms in total. The summed E-state index contributed by atoms with van der Waals surface area (Å²) < 4.78 is 12.5. The van der Waals surface area contributed by atoms with E-state index < -0.39 is 0 Å². The first kappa shape index (κ1) is 18.9. The average Bonchev–Trinajstić information content (AvgIpc) is 3.19. The summed E-state index contributed by atoms with van der Waals surface area (Å²) in [5.41, 5.74) is 1.24. The predicted octanol–water partition coefficient (Wildman–Crippen LogP) is 4.39. The fraction of sp³-hybridized carbons (Fsp3) is 0.143. The highest BCUT2D eigenvalue weighted by molar-refractivity contribution is 6.30. The molecule has 4 rings (SSSR count). The number of ether oxygens (including phenoxy) is 1. The van der Waals surface area contributed by atoms with Gasteiger partial charge in [-0.25, -0.2) is 4.68 Å². The highest BCUT2D eigenvalue weighted by Gasteiger charge is 2.16. The molecule has 0 atom stereocenters. The largest absolute Gasteiger partial charge is 0.491 e. The van der Waals surface area contributed by atoms with Gasteiger partial charge < -0.3 is 9.26 Å². The zero-order valence-corrected chi connectivity index (χ0v) is 16.5. The van der Waals surface area contributed by atoms with Gasteiger partial charge in [-0.1, -0.05) is 16.8 Å². The van der Waals surface area contributed by atoms with Crippen LogP contribution >= 0.6 is 11.6 Å². The van der Waals surface area contributed by atoms with Crippen LogP contribution in [0.1, 0.15) is 13.8 Å². The smallest absolute Gasteiger partial charge is 0.282 e. The van der Waals surface area contributed by atoms with Crippen LogP contribution in [0.3, 0.4) is 0 Å². The molecule has 146 valence electrons. The van der Waals surface area contributed by atoms with Crippen LogP contribution in [0.25, 0.3) is 28.7 Å². The molecular weight excluding hydrogens is 392 g/mol. The van der Waals surface area contributed by atoms with Crippen molar-refractivity contribution in [2.75, 3.05) is 0 Å². The van der Waals surface area contributed by atoms with Crippen LogP contribution in [0.4, 0.5) is 0 Å². The zero-order valence-electron chi connectivity index (χ0n) is 15.7. The van der Waals surface area contributed by atoms with Gasteiger partial charge in [0.15, 0.2) is 5.69 Å². The van der Waals surface area contributed by atoms with Gasteiger partial charge in [0.25, 0.3) is 5.89 Å². The Morgan fingerprint density at radius 2 is 1.76 bits per heavy atom. The van der Waals surface area contributed by atoms with Crippen LogP contribution in [-0.4, -0.2) is 26.0 Å². The number of rotatable bonds is 5. The van der Waals surface area contributed by atoms with Crippen LogP contribution in [0.15, 0.2) is 70.1 Å². The minimum atomic E-state index is -0.314. The first-order valence-electron chi connectivity index (χ1n) is 8.97. The number of hydrogen-bond donors (Lipinski definition) is 0. The van der Waals surface area contributed by atoms with Crippen LogP contribution in [0, 0.1) is 0 Å². The van der Waals surface area contributed by atoms with E-state index in [1.165, 1.54) is 6.07 Å². The van der Waals surface area contributed by atoms with E-state index in [2.05, 4.69) is 15.2 Å². The van der Waals surface area contributed by atoms with Gasteiger partial charge in [0, 0.05) is 22.8 Å². The molecule has 2 heterocycles. The topological polar surface area (TPSA) is 83.0 Å². The molecule has 0 saturated heterocycles. The maximum absolute atomic E-state index is 12.3. The Morgan fingerprint density at radius 3 is 2.45 bits per heavy atom. The van der Waals surface area contributed by atoms with Gasteiger partial charge in [-0.15, -0.1) is 0 Å². The maximum Gasteiger partial charge on any atom is 0.282 e. The third-order valence-corrected chi connectivity index (χ3v) is 4.26. The van der Waals surface area contributed by atoms with E-state index in [4.69, 9.17) is 20.9 Å². The molecule has 0 spiro atoms. The van der Waals surface area contributed by atoms with Gasteiger partial charge in [-0.2, -0.15) is 10.1 Å². The lowest BCUT2D eigenvalue weighted by Crippen LogP contribution is -2.12. The molecule has 2 aromatic carbocycles. The Morgan fingerprint density at radius 1 is 1.03 bits per heavy atom. The number of aromatic nitrogens is 4. The maximum atomic E-state index is 12.3. The van der Waals surface area contributed by atoms with Crippen molar-refractivity contribution in [1.82, 2.24) is 19.9 Å². The van der Waals surface area contributed by atoms with Crippen molar-refractivity contribution in [3.63, 3.8) is 0 Å². The number of halogens is 1. The lowest BCUT2D eigenvalue weighted by molar-refractivity contribution is 0.242. The third-order valence-electron chi connectivity index (χ3n) is 4.01. The molecule has 29 heavy (non-hydrogen) atoms. The average molecular weight is 409 g/mol. The van der Waals surface area contributed by atoms with Crippen molar-refractivity contribution >= 4 is 11.6 Å². The fourth-order valence-electron chi connectivity index (χ4n) is 2.69. The van der Waals surface area contributed by atoms with Gasteiger partial charge in [-0.3, -0.25) is 4.79 Å². The van der Waals surface area contributed by atoms with Crippen LogP contribution < -0.4 is 10.2 Å². The first-order valence-corrected chi connectivity index (χ1v) is 9.34. The van der Waals surface area contributed by atoms with Gasteiger partial charge in [0.1, 0.15) is 5.75 Å². The minimum Gasteiger partial charge on any atom is -0.491 e. The van der Waals surface area contributed by atoms with Crippen molar-refractivity contribution in [2.24, 2.45) is 0 Å². The Balaban J connectivity index is 1.65. The van der Waals surface area contributed by atoms with Crippen molar-refractivity contribution in [1.29, 1.82) is 0 Å². The predicted molar refractivity (Wildman–Crippen MR) is 109 cm³/mol.